The van der Waals surface area contributed by atoms with Gasteiger partial charge in [-0.2, -0.15) is 5.10 Å². The number of rotatable bonds is 5. The molecule has 130 valence electrons. The van der Waals surface area contributed by atoms with Gasteiger partial charge >= 0.3 is 0 Å². The van der Waals surface area contributed by atoms with Crippen LogP contribution in [0.2, 0.25) is 0 Å². The maximum absolute atomic E-state index is 12.7. The Morgan fingerprint density at radius 2 is 2.08 bits per heavy atom. The molecule has 3 heterocycles. The molecule has 0 aliphatic heterocycles. The molecule has 0 radical (unpaired) electrons. The van der Waals surface area contributed by atoms with Crippen molar-refractivity contribution in [1.82, 2.24) is 14.8 Å². The van der Waals surface area contributed by atoms with E-state index in [9.17, 15) is 4.79 Å². The van der Waals surface area contributed by atoms with Gasteiger partial charge in [0, 0.05) is 5.38 Å². The number of nitrogens with one attached hydrogen (secondary N) is 1. The second kappa shape index (κ2) is 6.97. The standard InChI is InChI=1S/C19H16N4O2S/c1-2-16-14(11-20-23(16)13-7-4-3-5-8-13)18(24)22-19-21-15(12-26-19)17-9-6-10-25-17/h3-12H,2H2,1H3,(H,21,22,24). The number of benzene rings is 1. The van der Waals surface area contributed by atoms with Gasteiger partial charge in [-0.15, -0.1) is 11.3 Å². The van der Waals surface area contributed by atoms with E-state index < -0.39 is 0 Å². The summed E-state index contributed by atoms with van der Waals surface area (Å²) in [6.45, 7) is 2.01. The Hall–Kier alpha value is -3.19. The summed E-state index contributed by atoms with van der Waals surface area (Å²) < 4.78 is 7.13. The van der Waals surface area contributed by atoms with Crippen molar-refractivity contribution in [2.75, 3.05) is 5.32 Å². The van der Waals surface area contributed by atoms with Crippen LogP contribution >= 0.6 is 11.3 Å². The van der Waals surface area contributed by atoms with Crippen LogP contribution in [0.4, 0.5) is 5.13 Å². The van der Waals surface area contributed by atoms with Crippen LogP contribution < -0.4 is 5.32 Å². The molecule has 4 aromatic rings. The van der Waals surface area contributed by atoms with Crippen molar-refractivity contribution >= 4 is 22.4 Å². The number of hydrogen-bond donors (Lipinski definition) is 1. The summed E-state index contributed by atoms with van der Waals surface area (Å²) >= 11 is 1.36. The molecule has 0 bridgehead atoms. The lowest BCUT2D eigenvalue weighted by Crippen LogP contribution is -2.14. The fourth-order valence-corrected chi connectivity index (χ4v) is 3.42. The molecule has 26 heavy (non-hydrogen) atoms. The number of nitrogens with zero attached hydrogens (tertiary/aromatic N) is 3. The molecule has 0 aliphatic carbocycles. The van der Waals surface area contributed by atoms with Crippen LogP contribution in [0.15, 0.2) is 64.7 Å². The molecule has 0 unspecified atom stereocenters. The first-order valence-corrected chi connectivity index (χ1v) is 9.07. The molecule has 7 heteroatoms. The number of carbonyl (C=O) groups is 1. The third kappa shape index (κ3) is 3.04. The molecule has 1 N–H and O–H groups in total. The van der Waals surface area contributed by atoms with E-state index in [4.69, 9.17) is 4.42 Å². The van der Waals surface area contributed by atoms with Crippen molar-refractivity contribution < 1.29 is 9.21 Å². The predicted molar refractivity (Wildman–Crippen MR) is 101 cm³/mol. The molecular weight excluding hydrogens is 348 g/mol. The molecule has 1 aromatic carbocycles. The number of para-hydroxylation sites is 1. The summed E-state index contributed by atoms with van der Waals surface area (Å²) in [5.41, 5.74) is 3.03. The van der Waals surface area contributed by atoms with Crippen LogP contribution in [-0.4, -0.2) is 20.7 Å². The summed E-state index contributed by atoms with van der Waals surface area (Å²) in [6.07, 6.45) is 3.88. The Morgan fingerprint density at radius 1 is 1.23 bits per heavy atom. The van der Waals surface area contributed by atoms with Gasteiger partial charge in [-0.3, -0.25) is 10.1 Å². The first kappa shape index (κ1) is 16.3. The number of anilines is 1. The van der Waals surface area contributed by atoms with Crippen molar-refractivity contribution in [2.45, 2.75) is 13.3 Å². The SMILES string of the molecule is CCc1c(C(=O)Nc2nc(-c3ccco3)cs2)cnn1-c1ccccc1. The molecule has 0 saturated carbocycles. The van der Waals surface area contributed by atoms with Crippen LogP contribution in [-0.2, 0) is 6.42 Å². The summed E-state index contributed by atoms with van der Waals surface area (Å²) in [6, 6.07) is 13.4. The molecule has 0 atom stereocenters. The predicted octanol–water partition coefficient (Wildman–Crippen LogP) is 4.40. The Morgan fingerprint density at radius 3 is 2.81 bits per heavy atom. The highest BCUT2D eigenvalue weighted by atomic mass is 32.1. The van der Waals surface area contributed by atoms with Gasteiger partial charge < -0.3 is 4.42 Å². The van der Waals surface area contributed by atoms with Crippen LogP contribution in [0.25, 0.3) is 17.1 Å². The third-order valence-electron chi connectivity index (χ3n) is 3.95. The lowest BCUT2D eigenvalue weighted by Gasteiger charge is -2.07. The number of carbonyl (C=O) groups excluding carboxylic acids is 1. The Balaban J connectivity index is 1.58. The van der Waals surface area contributed by atoms with E-state index in [1.807, 2.05) is 48.7 Å². The van der Waals surface area contributed by atoms with Gasteiger partial charge in [0.15, 0.2) is 10.9 Å². The van der Waals surface area contributed by atoms with E-state index in [0.717, 1.165) is 11.4 Å². The first-order chi connectivity index (χ1) is 12.8. The minimum Gasteiger partial charge on any atom is -0.463 e. The first-order valence-electron chi connectivity index (χ1n) is 8.19. The van der Waals surface area contributed by atoms with Crippen molar-refractivity contribution in [3.8, 4) is 17.1 Å². The molecule has 4 rings (SSSR count). The Labute approximate surface area is 154 Å². The summed E-state index contributed by atoms with van der Waals surface area (Å²) in [5, 5.41) is 9.62. The lowest BCUT2D eigenvalue weighted by atomic mass is 10.2. The fourth-order valence-electron chi connectivity index (χ4n) is 2.73. The van der Waals surface area contributed by atoms with Gasteiger partial charge in [0.2, 0.25) is 0 Å². The minimum absolute atomic E-state index is 0.218. The van der Waals surface area contributed by atoms with Gasteiger partial charge in [-0.25, -0.2) is 9.67 Å². The highest BCUT2D eigenvalue weighted by Gasteiger charge is 2.18. The molecule has 1 amide bonds. The summed E-state index contributed by atoms with van der Waals surface area (Å²) in [4.78, 5) is 17.1. The van der Waals surface area contributed by atoms with Crippen LogP contribution in [0.3, 0.4) is 0 Å². The van der Waals surface area contributed by atoms with E-state index in [1.54, 1.807) is 23.2 Å². The molecule has 6 nitrogen and oxygen atoms in total. The zero-order valence-corrected chi connectivity index (χ0v) is 14.9. The zero-order valence-electron chi connectivity index (χ0n) is 14.0. The van der Waals surface area contributed by atoms with Crippen molar-refractivity contribution in [2.24, 2.45) is 0 Å². The second-order valence-corrected chi connectivity index (χ2v) is 6.43. The highest BCUT2D eigenvalue weighted by Crippen LogP contribution is 2.26. The monoisotopic (exact) mass is 364 g/mol. The number of thiazole rings is 1. The molecule has 0 fully saturated rings. The fraction of sp³-hybridized carbons (Fsp3) is 0.105. The Bertz CT molecular complexity index is 1020. The van der Waals surface area contributed by atoms with E-state index >= 15 is 0 Å². The van der Waals surface area contributed by atoms with Crippen LogP contribution in [0, 0.1) is 0 Å². The van der Waals surface area contributed by atoms with Gasteiger partial charge in [0.1, 0.15) is 5.69 Å². The number of furan rings is 1. The van der Waals surface area contributed by atoms with Gasteiger partial charge in [0.25, 0.3) is 5.91 Å². The quantitative estimate of drug-likeness (QED) is 0.569. The van der Waals surface area contributed by atoms with E-state index in [-0.39, 0.29) is 5.91 Å². The minimum atomic E-state index is -0.218. The maximum Gasteiger partial charge on any atom is 0.260 e. The van der Waals surface area contributed by atoms with Crippen LogP contribution in [0.1, 0.15) is 23.0 Å². The number of amides is 1. The maximum atomic E-state index is 12.7. The van der Waals surface area contributed by atoms with E-state index in [1.165, 1.54) is 11.3 Å². The number of hydrogen-bond acceptors (Lipinski definition) is 5. The van der Waals surface area contributed by atoms with Gasteiger partial charge in [-0.05, 0) is 30.7 Å². The van der Waals surface area contributed by atoms with E-state index in [0.29, 0.717) is 28.6 Å². The smallest absolute Gasteiger partial charge is 0.260 e. The van der Waals surface area contributed by atoms with Crippen molar-refractivity contribution in [3.05, 3.63) is 71.6 Å². The number of aromatic nitrogens is 3. The topological polar surface area (TPSA) is 73.0 Å². The molecule has 0 aliphatic rings. The summed E-state index contributed by atoms with van der Waals surface area (Å²) in [7, 11) is 0. The third-order valence-corrected chi connectivity index (χ3v) is 4.71. The zero-order chi connectivity index (χ0) is 17.9. The Kier molecular flexibility index (Phi) is 4.37. The molecule has 0 spiro atoms. The van der Waals surface area contributed by atoms with Crippen molar-refractivity contribution in [1.29, 1.82) is 0 Å². The van der Waals surface area contributed by atoms with Crippen molar-refractivity contribution in [3.63, 3.8) is 0 Å². The van der Waals surface area contributed by atoms with Crippen LogP contribution in [0.5, 0.6) is 0 Å². The van der Waals surface area contributed by atoms with Gasteiger partial charge in [-0.1, -0.05) is 25.1 Å². The molecular formula is C19H16N4O2S. The summed E-state index contributed by atoms with van der Waals surface area (Å²) in [5.74, 6) is 0.456. The average Bonchev–Trinajstić information content (AvgIpc) is 3.41. The average molecular weight is 364 g/mol. The lowest BCUT2D eigenvalue weighted by molar-refractivity contribution is 0.102. The van der Waals surface area contributed by atoms with E-state index in [2.05, 4.69) is 15.4 Å². The second-order valence-electron chi connectivity index (χ2n) is 5.58. The normalized spacial score (nSPS) is 10.8. The highest BCUT2D eigenvalue weighted by molar-refractivity contribution is 7.14. The van der Waals surface area contributed by atoms with Gasteiger partial charge in [0.05, 0.1) is 29.4 Å². The molecule has 0 saturated heterocycles. The molecule has 3 aromatic heterocycles. The largest absolute Gasteiger partial charge is 0.463 e.